The number of ketones is 1. The van der Waals surface area contributed by atoms with E-state index in [1.807, 2.05) is 0 Å². The van der Waals surface area contributed by atoms with Gasteiger partial charge in [0.1, 0.15) is 5.60 Å². The van der Waals surface area contributed by atoms with Crippen LogP contribution in [0.3, 0.4) is 0 Å². The highest BCUT2D eigenvalue weighted by Crippen LogP contribution is 2.33. The Morgan fingerprint density at radius 2 is 2.13 bits per heavy atom. The van der Waals surface area contributed by atoms with Crippen molar-refractivity contribution in [2.24, 2.45) is 0 Å². The van der Waals surface area contributed by atoms with E-state index in [0.29, 0.717) is 24.1 Å². The quantitative estimate of drug-likeness (QED) is 0.712. The van der Waals surface area contributed by atoms with E-state index in [1.54, 1.807) is 6.07 Å². The summed E-state index contributed by atoms with van der Waals surface area (Å²) in [5, 5.41) is 10.1. The van der Waals surface area contributed by atoms with Crippen LogP contribution in [0, 0.1) is 0 Å². The topological polar surface area (TPSA) is 76.2 Å². The summed E-state index contributed by atoms with van der Waals surface area (Å²) in [5.41, 5.74) is 5.18. The fourth-order valence-corrected chi connectivity index (χ4v) is 2.03. The third-order valence-electron chi connectivity index (χ3n) is 2.95. The van der Waals surface area contributed by atoms with Crippen molar-refractivity contribution < 1.29 is 9.90 Å². The molecule has 0 spiro atoms. The molecule has 1 heterocycles. The molecule has 1 saturated carbocycles. The zero-order valence-electron chi connectivity index (χ0n) is 8.44. The van der Waals surface area contributed by atoms with Crippen molar-refractivity contribution >= 4 is 11.5 Å². The molecule has 0 saturated heterocycles. The first kappa shape index (κ1) is 10.1. The smallest absolute Gasteiger partial charge is 0.197 e. The van der Waals surface area contributed by atoms with Crippen LogP contribution in [0.25, 0.3) is 0 Å². The van der Waals surface area contributed by atoms with E-state index in [4.69, 9.17) is 5.73 Å². The van der Waals surface area contributed by atoms with Crippen molar-refractivity contribution in [3.8, 4) is 0 Å². The van der Waals surface area contributed by atoms with Crippen LogP contribution in [0.5, 0.6) is 0 Å². The van der Waals surface area contributed by atoms with Gasteiger partial charge in [-0.2, -0.15) is 0 Å². The lowest BCUT2D eigenvalue weighted by Crippen LogP contribution is -2.35. The Morgan fingerprint density at radius 1 is 1.47 bits per heavy atom. The maximum Gasteiger partial charge on any atom is 0.197 e. The predicted molar refractivity (Wildman–Crippen MR) is 56.4 cm³/mol. The van der Waals surface area contributed by atoms with Gasteiger partial charge in [-0.05, 0) is 31.7 Å². The molecule has 1 aromatic rings. The summed E-state index contributed by atoms with van der Waals surface area (Å²) in [7, 11) is 0. The molecular weight excluding hydrogens is 192 g/mol. The van der Waals surface area contributed by atoms with E-state index >= 15 is 0 Å². The number of hydrogen-bond donors (Lipinski definition) is 2. The minimum Gasteiger partial charge on any atom is -0.398 e. The summed E-state index contributed by atoms with van der Waals surface area (Å²) >= 11 is 0. The van der Waals surface area contributed by atoms with Crippen molar-refractivity contribution in [1.82, 2.24) is 4.98 Å². The van der Waals surface area contributed by atoms with Gasteiger partial charge in [0, 0.05) is 18.1 Å². The SMILES string of the molecule is Nc1ccncc1C(=O)C1(O)CCCC1. The molecule has 15 heavy (non-hydrogen) atoms. The summed E-state index contributed by atoms with van der Waals surface area (Å²) in [4.78, 5) is 15.9. The number of carbonyl (C=O) groups is 1. The Kier molecular flexibility index (Phi) is 2.44. The van der Waals surface area contributed by atoms with Gasteiger partial charge in [-0.1, -0.05) is 0 Å². The second kappa shape index (κ2) is 3.62. The summed E-state index contributed by atoms with van der Waals surface area (Å²) in [6.07, 6.45) is 5.80. The highest BCUT2D eigenvalue weighted by atomic mass is 16.3. The molecule has 3 N–H and O–H groups in total. The summed E-state index contributed by atoms with van der Waals surface area (Å²) in [6.45, 7) is 0. The Labute approximate surface area is 88.1 Å². The first-order valence-electron chi connectivity index (χ1n) is 5.10. The highest BCUT2D eigenvalue weighted by Gasteiger charge is 2.39. The molecule has 0 unspecified atom stereocenters. The van der Waals surface area contributed by atoms with Gasteiger partial charge in [0.15, 0.2) is 5.78 Å². The third-order valence-corrected chi connectivity index (χ3v) is 2.95. The van der Waals surface area contributed by atoms with E-state index in [0.717, 1.165) is 12.8 Å². The van der Waals surface area contributed by atoms with Crippen molar-refractivity contribution in [3.63, 3.8) is 0 Å². The molecule has 0 bridgehead atoms. The molecule has 4 heteroatoms. The van der Waals surface area contributed by atoms with Gasteiger partial charge in [0.25, 0.3) is 0 Å². The molecule has 0 atom stereocenters. The molecule has 80 valence electrons. The van der Waals surface area contributed by atoms with Gasteiger partial charge in [-0.15, -0.1) is 0 Å². The predicted octanol–water partition coefficient (Wildman–Crippen LogP) is 1.15. The number of nitrogens with zero attached hydrogens (tertiary/aromatic N) is 1. The first-order chi connectivity index (χ1) is 7.13. The average Bonchev–Trinajstić information content (AvgIpc) is 2.66. The molecule has 1 aliphatic rings. The van der Waals surface area contributed by atoms with E-state index in [-0.39, 0.29) is 5.78 Å². The van der Waals surface area contributed by atoms with Gasteiger partial charge in [0.05, 0.1) is 5.56 Å². The number of hydrogen-bond acceptors (Lipinski definition) is 4. The zero-order chi connectivity index (χ0) is 10.9. The molecule has 2 rings (SSSR count). The maximum absolute atomic E-state index is 12.0. The largest absolute Gasteiger partial charge is 0.398 e. The number of carbonyl (C=O) groups excluding carboxylic acids is 1. The molecule has 1 fully saturated rings. The molecule has 0 aromatic carbocycles. The molecule has 4 nitrogen and oxygen atoms in total. The fraction of sp³-hybridized carbons (Fsp3) is 0.455. The van der Waals surface area contributed by atoms with Crippen molar-refractivity contribution in [3.05, 3.63) is 24.0 Å². The number of anilines is 1. The number of pyridine rings is 1. The molecule has 0 aliphatic heterocycles. The number of aliphatic hydroxyl groups is 1. The van der Waals surface area contributed by atoms with E-state index in [2.05, 4.69) is 4.98 Å². The number of Topliss-reactive ketones (excluding diaryl/α,β-unsaturated/α-hetero) is 1. The molecule has 1 aromatic heterocycles. The lowest BCUT2D eigenvalue weighted by molar-refractivity contribution is 0.0353. The zero-order valence-corrected chi connectivity index (χ0v) is 8.44. The van der Waals surface area contributed by atoms with Crippen LogP contribution in [-0.2, 0) is 0 Å². The third kappa shape index (κ3) is 1.72. The Morgan fingerprint density at radius 3 is 2.73 bits per heavy atom. The number of rotatable bonds is 2. The van der Waals surface area contributed by atoms with Gasteiger partial charge in [0.2, 0.25) is 0 Å². The Balaban J connectivity index is 2.32. The Hall–Kier alpha value is -1.42. The molecular formula is C11H14N2O2. The minimum absolute atomic E-state index is 0.286. The van der Waals surface area contributed by atoms with Crippen LogP contribution in [0.15, 0.2) is 18.5 Å². The van der Waals surface area contributed by atoms with Crippen LogP contribution in [0.2, 0.25) is 0 Å². The first-order valence-corrected chi connectivity index (χ1v) is 5.10. The van der Waals surface area contributed by atoms with Gasteiger partial charge in [-0.25, -0.2) is 0 Å². The summed E-state index contributed by atoms with van der Waals surface area (Å²) < 4.78 is 0. The lowest BCUT2D eigenvalue weighted by Gasteiger charge is -2.20. The standard InChI is InChI=1S/C11H14N2O2/c12-9-3-6-13-7-8(9)10(14)11(15)4-1-2-5-11/h3,6-7,15H,1-2,4-5H2,(H2,12,13). The second-order valence-electron chi connectivity index (χ2n) is 4.03. The van der Waals surface area contributed by atoms with Gasteiger partial charge < -0.3 is 10.8 Å². The lowest BCUT2D eigenvalue weighted by atomic mass is 9.91. The van der Waals surface area contributed by atoms with Crippen LogP contribution in [0.1, 0.15) is 36.0 Å². The van der Waals surface area contributed by atoms with Gasteiger partial charge >= 0.3 is 0 Å². The van der Waals surface area contributed by atoms with E-state index in [1.165, 1.54) is 12.4 Å². The number of nitrogen functional groups attached to an aromatic ring is 1. The van der Waals surface area contributed by atoms with E-state index < -0.39 is 5.60 Å². The van der Waals surface area contributed by atoms with Crippen LogP contribution in [0.4, 0.5) is 5.69 Å². The highest BCUT2D eigenvalue weighted by molar-refractivity contribution is 6.05. The molecule has 1 aliphatic carbocycles. The van der Waals surface area contributed by atoms with Crippen molar-refractivity contribution in [2.75, 3.05) is 5.73 Å². The van der Waals surface area contributed by atoms with Crippen LogP contribution < -0.4 is 5.73 Å². The van der Waals surface area contributed by atoms with E-state index in [9.17, 15) is 9.90 Å². The van der Waals surface area contributed by atoms with Gasteiger partial charge in [-0.3, -0.25) is 9.78 Å². The summed E-state index contributed by atoms with van der Waals surface area (Å²) in [5.74, 6) is -0.286. The second-order valence-corrected chi connectivity index (χ2v) is 4.03. The normalized spacial score (nSPS) is 19.0. The average molecular weight is 206 g/mol. The number of nitrogens with two attached hydrogens (primary N) is 1. The van der Waals surface area contributed by atoms with Crippen molar-refractivity contribution in [1.29, 1.82) is 0 Å². The maximum atomic E-state index is 12.0. The van der Waals surface area contributed by atoms with Crippen molar-refractivity contribution in [2.45, 2.75) is 31.3 Å². The minimum atomic E-state index is -1.21. The monoisotopic (exact) mass is 206 g/mol. The fourth-order valence-electron chi connectivity index (χ4n) is 2.03. The molecule has 0 amide bonds. The number of aromatic nitrogens is 1. The Bertz CT molecular complexity index is 384. The van der Waals surface area contributed by atoms with Crippen LogP contribution in [-0.4, -0.2) is 21.5 Å². The summed E-state index contributed by atoms with van der Waals surface area (Å²) in [6, 6.07) is 1.57. The molecule has 0 radical (unpaired) electrons. The van der Waals surface area contributed by atoms with Crippen LogP contribution >= 0.6 is 0 Å².